The maximum atomic E-state index is 11.9. The second-order valence-electron chi connectivity index (χ2n) is 4.69. The van der Waals surface area contributed by atoms with Gasteiger partial charge in [-0.3, -0.25) is 9.69 Å². The first kappa shape index (κ1) is 16.2. The van der Waals surface area contributed by atoms with E-state index in [0.717, 1.165) is 0 Å². The highest BCUT2D eigenvalue weighted by Gasteiger charge is 2.23. The molecule has 0 aromatic carbocycles. The highest BCUT2D eigenvalue weighted by molar-refractivity contribution is 5.78. The molecule has 7 heteroatoms. The molecule has 0 aromatic heterocycles. The molecule has 1 rings (SSSR count). The summed E-state index contributed by atoms with van der Waals surface area (Å²) in [5, 5.41) is 8.50. The lowest BCUT2D eigenvalue weighted by Gasteiger charge is -2.34. The number of nitrogens with zero attached hydrogens (tertiary/aromatic N) is 4. The van der Waals surface area contributed by atoms with E-state index in [2.05, 4.69) is 0 Å². The maximum Gasteiger partial charge on any atom is 0.409 e. The van der Waals surface area contributed by atoms with Crippen LogP contribution >= 0.6 is 0 Å². The number of amides is 2. The summed E-state index contributed by atoms with van der Waals surface area (Å²) in [6.45, 7) is 5.43. The summed E-state index contributed by atoms with van der Waals surface area (Å²) < 4.78 is 4.94. The molecule has 1 saturated heterocycles. The molecule has 1 aliphatic heterocycles. The van der Waals surface area contributed by atoms with Crippen LogP contribution in [-0.2, 0) is 9.53 Å². The van der Waals surface area contributed by atoms with Gasteiger partial charge in [-0.1, -0.05) is 0 Å². The Labute approximate surface area is 119 Å². The summed E-state index contributed by atoms with van der Waals surface area (Å²) in [5.41, 5.74) is 0. The van der Waals surface area contributed by atoms with Gasteiger partial charge in [-0.05, 0) is 6.92 Å². The molecule has 20 heavy (non-hydrogen) atoms. The lowest BCUT2D eigenvalue weighted by molar-refractivity contribution is -0.131. The zero-order chi connectivity index (χ0) is 15.0. The molecule has 0 saturated carbocycles. The number of carbonyl (C=O) groups is 2. The molecule has 112 valence electrons. The number of ether oxygens (including phenoxy) is 1. The standard InChI is InChI=1S/C13H22N4O3/c1-3-20-13(19)17-9-7-16(8-10-17)11-12(18)15(2)6-4-5-14/h3-4,6-11H2,1-2H3. The van der Waals surface area contributed by atoms with E-state index in [1.807, 2.05) is 11.0 Å². The van der Waals surface area contributed by atoms with E-state index in [0.29, 0.717) is 52.3 Å². The molecule has 0 aromatic rings. The van der Waals surface area contributed by atoms with Crippen LogP contribution in [0.3, 0.4) is 0 Å². The van der Waals surface area contributed by atoms with Crippen LogP contribution in [0.4, 0.5) is 4.79 Å². The van der Waals surface area contributed by atoms with E-state index in [1.54, 1.807) is 23.8 Å². The van der Waals surface area contributed by atoms with Gasteiger partial charge in [0.05, 0.1) is 25.6 Å². The zero-order valence-electron chi connectivity index (χ0n) is 12.2. The second kappa shape index (κ2) is 8.38. The first-order chi connectivity index (χ1) is 9.58. The van der Waals surface area contributed by atoms with Crippen LogP contribution in [0.15, 0.2) is 0 Å². The Bertz CT molecular complexity index is 372. The molecule has 0 bridgehead atoms. The largest absolute Gasteiger partial charge is 0.450 e. The summed E-state index contributed by atoms with van der Waals surface area (Å²) in [6.07, 6.45) is 0.0587. The Balaban J connectivity index is 2.30. The van der Waals surface area contributed by atoms with E-state index in [4.69, 9.17) is 10.00 Å². The van der Waals surface area contributed by atoms with Crippen LogP contribution in [-0.4, -0.2) is 79.6 Å². The number of likely N-dealkylation sites (N-methyl/N-ethyl adjacent to an activating group) is 1. The summed E-state index contributed by atoms with van der Waals surface area (Å²) in [5.74, 6) is 0.00448. The average Bonchev–Trinajstić information content (AvgIpc) is 2.45. The highest BCUT2D eigenvalue weighted by Crippen LogP contribution is 2.04. The molecule has 1 fully saturated rings. The van der Waals surface area contributed by atoms with Crippen molar-refractivity contribution in [1.82, 2.24) is 14.7 Å². The van der Waals surface area contributed by atoms with Crippen LogP contribution in [0, 0.1) is 11.3 Å². The smallest absolute Gasteiger partial charge is 0.409 e. The van der Waals surface area contributed by atoms with Crippen molar-refractivity contribution in [1.29, 1.82) is 5.26 Å². The fourth-order valence-electron chi connectivity index (χ4n) is 1.96. The fourth-order valence-corrected chi connectivity index (χ4v) is 1.96. The minimum atomic E-state index is -0.287. The van der Waals surface area contributed by atoms with Crippen molar-refractivity contribution in [3.8, 4) is 6.07 Å². The number of hydrogen-bond acceptors (Lipinski definition) is 5. The van der Waals surface area contributed by atoms with Crippen molar-refractivity contribution in [3.63, 3.8) is 0 Å². The molecule has 1 aliphatic rings. The molecule has 0 aliphatic carbocycles. The molecule has 0 atom stereocenters. The fraction of sp³-hybridized carbons (Fsp3) is 0.769. The molecule has 0 unspecified atom stereocenters. The van der Waals surface area contributed by atoms with Crippen LogP contribution < -0.4 is 0 Å². The van der Waals surface area contributed by atoms with Gasteiger partial charge in [-0.2, -0.15) is 5.26 Å². The maximum absolute atomic E-state index is 11.9. The number of piperazine rings is 1. The van der Waals surface area contributed by atoms with Gasteiger partial charge in [0, 0.05) is 39.8 Å². The summed E-state index contributed by atoms with van der Waals surface area (Å²) in [4.78, 5) is 28.7. The molecule has 2 amide bonds. The third kappa shape index (κ3) is 5.05. The SMILES string of the molecule is CCOC(=O)N1CCN(CC(=O)N(C)CCC#N)CC1. The van der Waals surface area contributed by atoms with E-state index in [-0.39, 0.29) is 12.0 Å². The Morgan fingerprint density at radius 2 is 1.95 bits per heavy atom. The van der Waals surface area contributed by atoms with E-state index in [1.165, 1.54) is 0 Å². The van der Waals surface area contributed by atoms with Gasteiger partial charge in [0.1, 0.15) is 0 Å². The molecule has 0 N–H and O–H groups in total. The van der Waals surface area contributed by atoms with Crippen molar-refractivity contribution >= 4 is 12.0 Å². The minimum absolute atomic E-state index is 0.00448. The number of hydrogen-bond donors (Lipinski definition) is 0. The Morgan fingerprint density at radius 3 is 2.50 bits per heavy atom. The van der Waals surface area contributed by atoms with Gasteiger partial charge < -0.3 is 14.5 Å². The van der Waals surface area contributed by atoms with E-state index < -0.39 is 0 Å². The topological polar surface area (TPSA) is 76.9 Å². The average molecular weight is 282 g/mol. The van der Waals surface area contributed by atoms with Gasteiger partial charge in [-0.15, -0.1) is 0 Å². The van der Waals surface area contributed by atoms with Crippen molar-refractivity contribution in [3.05, 3.63) is 0 Å². The Morgan fingerprint density at radius 1 is 1.30 bits per heavy atom. The van der Waals surface area contributed by atoms with Gasteiger partial charge in [-0.25, -0.2) is 4.79 Å². The zero-order valence-corrected chi connectivity index (χ0v) is 12.2. The molecule has 0 radical (unpaired) electrons. The predicted octanol–water partition coefficient (Wildman–Crippen LogP) is 0.133. The lowest BCUT2D eigenvalue weighted by atomic mass is 10.3. The summed E-state index contributed by atoms with van der Waals surface area (Å²) >= 11 is 0. The van der Waals surface area contributed by atoms with E-state index >= 15 is 0 Å². The van der Waals surface area contributed by atoms with Crippen LogP contribution in [0.25, 0.3) is 0 Å². The predicted molar refractivity (Wildman–Crippen MR) is 72.9 cm³/mol. The number of carbonyl (C=O) groups excluding carboxylic acids is 2. The van der Waals surface area contributed by atoms with Crippen LogP contribution in [0.1, 0.15) is 13.3 Å². The van der Waals surface area contributed by atoms with Crippen molar-refractivity contribution in [2.24, 2.45) is 0 Å². The Hall–Kier alpha value is -1.81. The Kier molecular flexibility index (Phi) is 6.81. The van der Waals surface area contributed by atoms with Gasteiger partial charge in [0.15, 0.2) is 0 Å². The highest BCUT2D eigenvalue weighted by atomic mass is 16.6. The quantitative estimate of drug-likeness (QED) is 0.716. The van der Waals surface area contributed by atoms with Crippen molar-refractivity contribution in [2.45, 2.75) is 13.3 Å². The number of rotatable bonds is 5. The van der Waals surface area contributed by atoms with Gasteiger partial charge >= 0.3 is 6.09 Å². The molecule has 7 nitrogen and oxygen atoms in total. The van der Waals surface area contributed by atoms with Crippen molar-refractivity contribution in [2.75, 3.05) is 52.9 Å². The molecular formula is C13H22N4O3. The second-order valence-corrected chi connectivity index (χ2v) is 4.69. The van der Waals surface area contributed by atoms with Crippen molar-refractivity contribution < 1.29 is 14.3 Å². The summed E-state index contributed by atoms with van der Waals surface area (Å²) in [7, 11) is 1.70. The molecular weight excluding hydrogens is 260 g/mol. The van der Waals surface area contributed by atoms with Crippen LogP contribution in [0.2, 0.25) is 0 Å². The molecule has 1 heterocycles. The van der Waals surface area contributed by atoms with Crippen LogP contribution in [0.5, 0.6) is 0 Å². The normalized spacial score (nSPS) is 15.6. The monoisotopic (exact) mass is 282 g/mol. The van der Waals surface area contributed by atoms with E-state index in [9.17, 15) is 9.59 Å². The third-order valence-corrected chi connectivity index (χ3v) is 3.24. The lowest BCUT2D eigenvalue weighted by Crippen LogP contribution is -2.51. The van der Waals surface area contributed by atoms with Gasteiger partial charge in [0.2, 0.25) is 5.91 Å². The first-order valence-corrected chi connectivity index (χ1v) is 6.83. The van der Waals surface area contributed by atoms with Gasteiger partial charge in [0.25, 0.3) is 0 Å². The summed E-state index contributed by atoms with van der Waals surface area (Å²) in [6, 6.07) is 2.02. The number of nitriles is 1. The molecule has 0 spiro atoms. The minimum Gasteiger partial charge on any atom is -0.450 e. The third-order valence-electron chi connectivity index (χ3n) is 3.24. The first-order valence-electron chi connectivity index (χ1n) is 6.83.